The molecule has 1 N–H and O–H groups in total. The fourth-order valence-corrected chi connectivity index (χ4v) is 2.34. The lowest BCUT2D eigenvalue weighted by atomic mass is 9.84. The molecule has 0 fully saturated rings. The maximum atomic E-state index is 9.94. The Morgan fingerprint density at radius 1 is 1.12 bits per heavy atom. The normalized spacial score (nSPS) is 16.9. The number of nitrogens with one attached hydrogen (secondary N) is 1. The summed E-state index contributed by atoms with van der Waals surface area (Å²) in [6, 6.07) is 0. The summed E-state index contributed by atoms with van der Waals surface area (Å²) < 4.78 is 0. The van der Waals surface area contributed by atoms with Gasteiger partial charge in [0.1, 0.15) is 0 Å². The first-order valence-corrected chi connectivity index (χ1v) is 6.23. The second kappa shape index (κ2) is 6.41. The molecule has 1 aliphatic rings. The van der Waals surface area contributed by atoms with Crippen molar-refractivity contribution in [1.82, 2.24) is 5.32 Å². The van der Waals surface area contributed by atoms with Gasteiger partial charge in [-0.25, -0.2) is 9.79 Å². The molecule has 1 heterocycles. The van der Waals surface area contributed by atoms with Crippen molar-refractivity contribution in [3.63, 3.8) is 0 Å². The molecule has 17 heavy (non-hydrogen) atoms. The van der Waals surface area contributed by atoms with E-state index in [9.17, 15) is 4.79 Å². The highest BCUT2D eigenvalue weighted by molar-refractivity contribution is 5.33. The number of hydrogen-bond acceptors (Lipinski definition) is 3. The van der Waals surface area contributed by atoms with Crippen LogP contribution in [0, 0.1) is 5.92 Å². The molecule has 1 aliphatic heterocycles. The van der Waals surface area contributed by atoms with E-state index in [-0.39, 0.29) is 0 Å². The zero-order chi connectivity index (χ0) is 12.8. The van der Waals surface area contributed by atoms with Crippen LogP contribution in [0.2, 0.25) is 0 Å². The van der Waals surface area contributed by atoms with E-state index >= 15 is 0 Å². The first-order valence-electron chi connectivity index (χ1n) is 6.23. The first-order chi connectivity index (χ1) is 8.07. The van der Waals surface area contributed by atoms with E-state index in [1.807, 2.05) is 0 Å². The molecule has 0 saturated carbocycles. The van der Waals surface area contributed by atoms with Crippen molar-refractivity contribution in [2.24, 2.45) is 10.9 Å². The predicted molar refractivity (Wildman–Crippen MR) is 70.2 cm³/mol. The summed E-state index contributed by atoms with van der Waals surface area (Å²) in [4.78, 5) is 13.5. The molecule has 0 bridgehead atoms. The largest absolute Gasteiger partial charge is 0.363 e. The Morgan fingerprint density at radius 3 is 2.24 bits per heavy atom. The number of rotatable bonds is 5. The van der Waals surface area contributed by atoms with Crippen LogP contribution in [0.25, 0.3) is 0 Å². The van der Waals surface area contributed by atoms with E-state index in [0.717, 1.165) is 19.3 Å². The summed E-state index contributed by atoms with van der Waals surface area (Å²) in [6.45, 7) is 9.28. The third-order valence-corrected chi connectivity index (χ3v) is 3.68. The highest BCUT2D eigenvalue weighted by Gasteiger charge is 2.20. The topological polar surface area (TPSA) is 41.5 Å². The Hall–Kier alpha value is -1.34. The van der Waals surface area contributed by atoms with E-state index in [2.05, 4.69) is 38.0 Å². The van der Waals surface area contributed by atoms with Crippen LogP contribution in [0.15, 0.2) is 27.5 Å². The molecule has 3 heteroatoms. The molecular weight excluding hydrogens is 212 g/mol. The number of carbonyl (C=O) groups excluding carboxylic acids is 1. The monoisotopic (exact) mass is 234 g/mol. The summed E-state index contributed by atoms with van der Waals surface area (Å²) in [5.41, 5.74) is 5.44. The zero-order valence-electron chi connectivity index (χ0n) is 11.3. The maximum absolute atomic E-state index is 9.94. The molecule has 0 saturated heterocycles. The van der Waals surface area contributed by atoms with Crippen molar-refractivity contribution in [2.45, 2.75) is 47.0 Å². The van der Waals surface area contributed by atoms with Gasteiger partial charge < -0.3 is 5.32 Å². The van der Waals surface area contributed by atoms with Crippen LogP contribution >= 0.6 is 0 Å². The summed E-state index contributed by atoms with van der Waals surface area (Å²) in [7, 11) is 0. The molecule has 0 aromatic rings. The van der Waals surface area contributed by atoms with Crippen LogP contribution in [0.5, 0.6) is 0 Å². The van der Waals surface area contributed by atoms with Gasteiger partial charge in [-0.05, 0) is 51.7 Å². The lowest BCUT2D eigenvalue weighted by Gasteiger charge is -2.29. The Balaban J connectivity index is 2.55. The Morgan fingerprint density at radius 2 is 1.71 bits per heavy atom. The third kappa shape index (κ3) is 3.57. The molecular formula is C14H22N2O. The molecule has 0 spiro atoms. The first kappa shape index (κ1) is 13.7. The molecule has 0 atom stereocenters. The van der Waals surface area contributed by atoms with E-state index in [4.69, 9.17) is 0 Å². The van der Waals surface area contributed by atoms with Gasteiger partial charge in [-0.15, -0.1) is 0 Å². The highest BCUT2D eigenvalue weighted by Crippen LogP contribution is 2.32. The van der Waals surface area contributed by atoms with Gasteiger partial charge in [-0.2, -0.15) is 0 Å². The van der Waals surface area contributed by atoms with Crippen molar-refractivity contribution in [3.8, 4) is 0 Å². The van der Waals surface area contributed by atoms with Crippen LogP contribution in [0.3, 0.4) is 0 Å². The van der Waals surface area contributed by atoms with Crippen molar-refractivity contribution >= 4 is 6.08 Å². The van der Waals surface area contributed by atoms with Gasteiger partial charge in [0.15, 0.2) is 0 Å². The number of unbranched alkanes of at least 4 members (excludes halogenated alkanes) is 1. The molecule has 0 aromatic heterocycles. The van der Waals surface area contributed by atoms with Crippen LogP contribution in [0.1, 0.15) is 47.0 Å². The minimum absolute atomic E-state index is 0.552. The van der Waals surface area contributed by atoms with Gasteiger partial charge in [0.05, 0.1) is 6.54 Å². The van der Waals surface area contributed by atoms with E-state index in [1.54, 1.807) is 6.08 Å². The van der Waals surface area contributed by atoms with Crippen molar-refractivity contribution in [2.75, 3.05) is 6.54 Å². The minimum Gasteiger partial charge on any atom is -0.363 e. The second-order valence-electron chi connectivity index (χ2n) is 4.76. The maximum Gasteiger partial charge on any atom is 0.234 e. The van der Waals surface area contributed by atoms with Gasteiger partial charge in [0.2, 0.25) is 6.08 Å². The highest BCUT2D eigenvalue weighted by atomic mass is 16.1. The lowest BCUT2D eigenvalue weighted by molar-refractivity contribution is 0.547. The summed E-state index contributed by atoms with van der Waals surface area (Å²) in [5.74, 6) is 0.552. The fourth-order valence-electron chi connectivity index (χ4n) is 2.34. The predicted octanol–water partition coefficient (Wildman–Crippen LogP) is 3.30. The Kier molecular flexibility index (Phi) is 5.17. The van der Waals surface area contributed by atoms with E-state index in [1.165, 1.54) is 22.5 Å². The molecule has 0 amide bonds. The zero-order valence-corrected chi connectivity index (χ0v) is 11.3. The number of allylic oxidation sites excluding steroid dienone is 4. The fraction of sp³-hybridized carbons (Fsp3) is 0.643. The Labute approximate surface area is 104 Å². The average Bonchev–Trinajstić information content (AvgIpc) is 2.30. The molecule has 0 unspecified atom stereocenters. The number of hydrogen-bond donors (Lipinski definition) is 1. The number of isocyanates is 1. The van der Waals surface area contributed by atoms with E-state index in [0.29, 0.717) is 12.5 Å². The average molecular weight is 234 g/mol. The molecule has 0 aliphatic carbocycles. The third-order valence-electron chi connectivity index (χ3n) is 3.68. The number of aliphatic imine (C=N–C) groups is 1. The van der Waals surface area contributed by atoms with Gasteiger partial charge >= 0.3 is 0 Å². The van der Waals surface area contributed by atoms with Gasteiger partial charge in [0.25, 0.3) is 0 Å². The van der Waals surface area contributed by atoms with Crippen LogP contribution < -0.4 is 5.32 Å². The second-order valence-corrected chi connectivity index (χ2v) is 4.76. The summed E-state index contributed by atoms with van der Waals surface area (Å²) in [5, 5.41) is 3.41. The van der Waals surface area contributed by atoms with Gasteiger partial charge in [-0.1, -0.05) is 6.42 Å². The van der Waals surface area contributed by atoms with Crippen molar-refractivity contribution in [1.29, 1.82) is 0 Å². The smallest absolute Gasteiger partial charge is 0.234 e. The van der Waals surface area contributed by atoms with Gasteiger partial charge in [-0.3, -0.25) is 0 Å². The lowest BCUT2D eigenvalue weighted by Crippen LogP contribution is -2.23. The van der Waals surface area contributed by atoms with Crippen molar-refractivity contribution in [3.05, 3.63) is 22.5 Å². The number of dihydropyridines is 1. The molecule has 1 rings (SSSR count). The van der Waals surface area contributed by atoms with Crippen molar-refractivity contribution < 1.29 is 4.79 Å². The van der Waals surface area contributed by atoms with E-state index < -0.39 is 0 Å². The summed E-state index contributed by atoms with van der Waals surface area (Å²) >= 11 is 0. The van der Waals surface area contributed by atoms with Crippen LogP contribution in [-0.2, 0) is 4.79 Å². The summed E-state index contributed by atoms with van der Waals surface area (Å²) in [6.07, 6.45) is 4.80. The quantitative estimate of drug-likeness (QED) is 0.450. The Bertz CT molecular complexity index is 363. The van der Waals surface area contributed by atoms with Crippen LogP contribution in [0.4, 0.5) is 0 Å². The molecule has 0 radical (unpaired) electrons. The molecule has 0 aromatic carbocycles. The molecule has 94 valence electrons. The standard InChI is InChI=1S/C14H22N2O/c1-10-12(3)16-13(4)11(2)14(10)7-5-6-8-15-9-17/h14,16H,5-8H2,1-4H3. The van der Waals surface area contributed by atoms with Crippen LogP contribution in [-0.4, -0.2) is 12.6 Å². The minimum atomic E-state index is 0.552. The SMILES string of the molecule is CC1=C(C)C(CCCCN=C=O)C(C)=C(C)N1. The molecule has 3 nitrogen and oxygen atoms in total. The number of nitrogens with zero attached hydrogens (tertiary/aromatic N) is 1. The van der Waals surface area contributed by atoms with Gasteiger partial charge in [0, 0.05) is 17.3 Å².